The van der Waals surface area contributed by atoms with Crippen LogP contribution in [0.15, 0.2) is 47.5 Å². The number of nitrogens with two attached hydrogens (primary N) is 1. The van der Waals surface area contributed by atoms with Gasteiger partial charge in [-0.1, -0.05) is 6.07 Å². The first-order valence-corrected chi connectivity index (χ1v) is 11.3. The van der Waals surface area contributed by atoms with E-state index in [9.17, 15) is 29.7 Å². The minimum atomic E-state index is -1.14. The molecule has 9 nitrogen and oxygen atoms in total. The van der Waals surface area contributed by atoms with Crippen molar-refractivity contribution in [2.24, 2.45) is 23.5 Å². The highest BCUT2D eigenvalue weighted by atomic mass is 16.3. The molecule has 1 aromatic heterocycles. The molecule has 0 saturated heterocycles. The fourth-order valence-electron chi connectivity index (χ4n) is 5.83. The highest BCUT2D eigenvalue weighted by Gasteiger charge is 2.51. The highest BCUT2D eigenvalue weighted by molar-refractivity contribution is 6.21. The van der Waals surface area contributed by atoms with Crippen molar-refractivity contribution in [2.75, 3.05) is 19.0 Å². The van der Waals surface area contributed by atoms with Gasteiger partial charge in [0.25, 0.3) is 5.91 Å². The van der Waals surface area contributed by atoms with Crippen molar-refractivity contribution in [1.29, 1.82) is 0 Å². The van der Waals surface area contributed by atoms with Gasteiger partial charge in [-0.2, -0.15) is 0 Å². The standard InChI is InChI=1S/C26H25N3O6/c1-29(2)16-9-14(11-4-3-5-28-10-11)22(31)20-15(16)7-12-6-13-8-17(30)21(26(27)35)25(34)19(13)23(32)18(12)24(20)33/h3-5,9-10,12-13,19,31,33-34H,6-8H2,1-2H3,(H2,27,35). The van der Waals surface area contributed by atoms with E-state index in [0.717, 1.165) is 5.69 Å². The third-order valence-corrected chi connectivity index (χ3v) is 7.32. The molecule has 1 aromatic carbocycles. The molecule has 1 saturated carbocycles. The van der Waals surface area contributed by atoms with Crippen LogP contribution in [0.1, 0.15) is 24.0 Å². The largest absolute Gasteiger partial charge is 0.511 e. The minimum absolute atomic E-state index is 0.0815. The molecule has 0 aliphatic heterocycles. The Balaban J connectivity index is 1.72. The fourth-order valence-corrected chi connectivity index (χ4v) is 5.83. The van der Waals surface area contributed by atoms with Gasteiger partial charge < -0.3 is 26.0 Å². The van der Waals surface area contributed by atoms with Crippen molar-refractivity contribution in [1.82, 2.24) is 4.98 Å². The summed E-state index contributed by atoms with van der Waals surface area (Å²) in [6.07, 6.45) is 3.85. The van der Waals surface area contributed by atoms with E-state index in [0.29, 0.717) is 29.5 Å². The number of aliphatic hydroxyl groups excluding tert-OH is 2. The van der Waals surface area contributed by atoms with E-state index in [1.54, 1.807) is 24.5 Å². The van der Waals surface area contributed by atoms with Gasteiger partial charge in [-0.15, -0.1) is 0 Å². The number of carbonyl (C=O) groups excluding carboxylic acids is 3. The van der Waals surface area contributed by atoms with Crippen LogP contribution in [0, 0.1) is 17.8 Å². The van der Waals surface area contributed by atoms with Crippen LogP contribution in [0.2, 0.25) is 0 Å². The second-order valence-corrected chi connectivity index (χ2v) is 9.53. The van der Waals surface area contributed by atoms with Crippen molar-refractivity contribution < 1.29 is 29.7 Å². The summed E-state index contributed by atoms with van der Waals surface area (Å²) in [4.78, 5) is 43.8. The summed E-state index contributed by atoms with van der Waals surface area (Å²) >= 11 is 0. The molecule has 180 valence electrons. The molecule has 0 radical (unpaired) electrons. The number of amides is 1. The zero-order chi connectivity index (χ0) is 25.2. The maximum Gasteiger partial charge on any atom is 0.255 e. The van der Waals surface area contributed by atoms with Gasteiger partial charge in [-0.25, -0.2) is 0 Å². The van der Waals surface area contributed by atoms with E-state index < -0.39 is 46.6 Å². The van der Waals surface area contributed by atoms with E-state index >= 15 is 0 Å². The number of benzene rings is 1. The lowest BCUT2D eigenvalue weighted by Crippen LogP contribution is -2.44. The minimum Gasteiger partial charge on any atom is -0.511 e. The molecule has 35 heavy (non-hydrogen) atoms. The van der Waals surface area contributed by atoms with Crippen LogP contribution in [0.5, 0.6) is 5.75 Å². The predicted octanol–water partition coefficient (Wildman–Crippen LogP) is 2.44. The summed E-state index contributed by atoms with van der Waals surface area (Å²) < 4.78 is 0. The third-order valence-electron chi connectivity index (χ3n) is 7.32. The van der Waals surface area contributed by atoms with Crippen LogP contribution in [-0.2, 0) is 20.8 Å². The summed E-state index contributed by atoms with van der Waals surface area (Å²) in [6.45, 7) is 0. The number of carbonyl (C=O) groups is 3. The Morgan fingerprint density at radius 2 is 1.91 bits per heavy atom. The zero-order valence-corrected chi connectivity index (χ0v) is 19.3. The number of phenolic OH excluding ortho intramolecular Hbond substituents is 1. The Morgan fingerprint density at radius 1 is 1.17 bits per heavy atom. The number of primary amides is 1. The number of hydrogen-bond donors (Lipinski definition) is 4. The van der Waals surface area contributed by atoms with Crippen LogP contribution >= 0.6 is 0 Å². The van der Waals surface area contributed by atoms with E-state index in [1.165, 1.54) is 0 Å². The number of nitrogens with zero attached hydrogens (tertiary/aromatic N) is 2. The van der Waals surface area contributed by atoms with E-state index in [-0.39, 0.29) is 29.1 Å². The number of phenols is 1. The van der Waals surface area contributed by atoms with Crippen molar-refractivity contribution in [3.63, 3.8) is 0 Å². The highest BCUT2D eigenvalue weighted by Crippen LogP contribution is 2.53. The van der Waals surface area contributed by atoms with Crippen molar-refractivity contribution in [3.8, 4) is 16.9 Å². The molecule has 2 aromatic rings. The molecule has 3 atom stereocenters. The van der Waals surface area contributed by atoms with Crippen LogP contribution < -0.4 is 10.6 Å². The lowest BCUT2D eigenvalue weighted by molar-refractivity contribution is -0.127. The fraction of sp³-hybridized carbons (Fsp3) is 0.308. The number of pyridine rings is 1. The van der Waals surface area contributed by atoms with Gasteiger partial charge in [0.2, 0.25) is 0 Å². The normalized spacial score (nSPS) is 23.5. The Morgan fingerprint density at radius 3 is 2.54 bits per heavy atom. The van der Waals surface area contributed by atoms with Crippen molar-refractivity contribution >= 4 is 28.9 Å². The number of aromatic nitrogens is 1. The van der Waals surface area contributed by atoms with Gasteiger partial charge in [-0.05, 0) is 42.4 Å². The molecule has 9 heteroatoms. The van der Waals surface area contributed by atoms with Crippen LogP contribution in [-0.4, -0.2) is 51.9 Å². The molecule has 1 fully saturated rings. The molecule has 3 aliphatic carbocycles. The predicted molar refractivity (Wildman–Crippen MR) is 127 cm³/mol. The first-order valence-electron chi connectivity index (χ1n) is 11.3. The number of hydrogen-bond acceptors (Lipinski definition) is 8. The molecule has 0 bridgehead atoms. The molecular formula is C26H25N3O6. The second-order valence-electron chi connectivity index (χ2n) is 9.53. The molecular weight excluding hydrogens is 450 g/mol. The van der Waals surface area contributed by atoms with E-state index in [1.807, 2.05) is 25.1 Å². The number of aromatic hydroxyl groups is 1. The SMILES string of the molecule is CN(C)c1cc(-c2cccnc2)c(O)c2c1CC1CC3CC(=O)C(C(N)=O)=C(O)C3C(=O)C1=C2O. The lowest BCUT2D eigenvalue weighted by atomic mass is 9.61. The summed E-state index contributed by atoms with van der Waals surface area (Å²) in [5, 5.41) is 33.3. The van der Waals surface area contributed by atoms with Crippen LogP contribution in [0.25, 0.3) is 16.9 Å². The molecule has 0 spiro atoms. The number of rotatable bonds is 3. The van der Waals surface area contributed by atoms with Crippen molar-refractivity contribution in [3.05, 3.63) is 58.6 Å². The maximum absolute atomic E-state index is 13.6. The molecule has 3 unspecified atom stereocenters. The Bertz CT molecular complexity index is 1360. The van der Waals surface area contributed by atoms with E-state index in [4.69, 9.17) is 5.73 Å². The molecule has 5 rings (SSSR count). The molecule has 5 N–H and O–H groups in total. The van der Waals surface area contributed by atoms with Gasteiger partial charge in [0.15, 0.2) is 11.6 Å². The van der Waals surface area contributed by atoms with Gasteiger partial charge in [0, 0.05) is 55.3 Å². The Kier molecular flexibility index (Phi) is 5.16. The van der Waals surface area contributed by atoms with Gasteiger partial charge in [-0.3, -0.25) is 19.4 Å². The van der Waals surface area contributed by atoms with Crippen LogP contribution in [0.3, 0.4) is 0 Å². The van der Waals surface area contributed by atoms with Crippen molar-refractivity contribution in [2.45, 2.75) is 19.3 Å². The number of Topliss-reactive ketones (excluding diaryl/α,β-unsaturated/α-hetero) is 2. The van der Waals surface area contributed by atoms with Gasteiger partial charge >= 0.3 is 0 Å². The zero-order valence-electron chi connectivity index (χ0n) is 19.3. The van der Waals surface area contributed by atoms with Gasteiger partial charge in [0.1, 0.15) is 22.8 Å². The average molecular weight is 476 g/mol. The number of allylic oxidation sites excluding steroid dienone is 2. The number of ketones is 2. The summed E-state index contributed by atoms with van der Waals surface area (Å²) in [5.74, 6) is -5.42. The maximum atomic E-state index is 13.6. The number of anilines is 1. The first kappa shape index (κ1) is 22.6. The molecule has 3 aliphatic rings. The second kappa shape index (κ2) is 7.97. The Labute approximate surface area is 201 Å². The molecule has 1 heterocycles. The van der Waals surface area contributed by atoms with Crippen LogP contribution in [0.4, 0.5) is 5.69 Å². The summed E-state index contributed by atoms with van der Waals surface area (Å²) in [5.41, 5.74) is 7.55. The lowest BCUT2D eigenvalue weighted by Gasteiger charge is -2.41. The van der Waals surface area contributed by atoms with E-state index in [2.05, 4.69) is 4.98 Å². The average Bonchev–Trinajstić information content (AvgIpc) is 2.78. The first-order chi connectivity index (χ1) is 16.6. The van der Waals surface area contributed by atoms with Gasteiger partial charge in [0.05, 0.1) is 11.5 Å². The summed E-state index contributed by atoms with van der Waals surface area (Å²) in [7, 11) is 3.71. The smallest absolute Gasteiger partial charge is 0.255 e. The quantitative estimate of drug-likeness (QED) is 0.494. The number of fused-ring (bicyclic) bond motifs is 3. The third kappa shape index (κ3) is 3.30. The monoisotopic (exact) mass is 475 g/mol. The molecule has 1 amide bonds. The topological polar surface area (TPSA) is 154 Å². The number of aliphatic hydroxyl groups is 2. The Hall–Kier alpha value is -4.14. The summed E-state index contributed by atoms with van der Waals surface area (Å²) in [6, 6.07) is 5.35.